The molecule has 1 aromatic rings. The molecule has 1 amide bonds. The van der Waals surface area contributed by atoms with Crippen LogP contribution >= 0.6 is 0 Å². The number of nitrogens with one attached hydrogen (secondary N) is 1. The Morgan fingerprint density at radius 3 is 2.67 bits per heavy atom. The van der Waals surface area contributed by atoms with Gasteiger partial charge in [0.05, 0.1) is 19.3 Å². The van der Waals surface area contributed by atoms with Crippen molar-refractivity contribution in [2.75, 3.05) is 13.2 Å². The lowest BCUT2D eigenvalue weighted by molar-refractivity contribution is 0.0178. The Morgan fingerprint density at radius 2 is 1.89 bits per heavy atom. The van der Waals surface area contributed by atoms with E-state index in [4.69, 9.17) is 9.47 Å². The second-order valence-electron chi connectivity index (χ2n) is 4.61. The van der Waals surface area contributed by atoms with E-state index in [-0.39, 0.29) is 30.8 Å². The summed E-state index contributed by atoms with van der Waals surface area (Å²) >= 11 is 0. The highest BCUT2D eigenvalue weighted by Gasteiger charge is 2.47. The molecule has 5 nitrogen and oxygen atoms in total. The van der Waals surface area contributed by atoms with Crippen molar-refractivity contribution >= 4 is 5.91 Å². The molecule has 2 N–H and O–H groups in total. The molecule has 18 heavy (non-hydrogen) atoms. The maximum Gasteiger partial charge on any atom is 0.251 e. The van der Waals surface area contributed by atoms with Gasteiger partial charge in [0.15, 0.2) is 0 Å². The lowest BCUT2D eigenvalue weighted by atomic mass is 10.1. The molecule has 4 atom stereocenters. The summed E-state index contributed by atoms with van der Waals surface area (Å²) in [7, 11) is 0. The third-order valence-corrected chi connectivity index (χ3v) is 3.38. The molecular formula is C13H15NO4. The van der Waals surface area contributed by atoms with Crippen LogP contribution in [-0.4, -0.2) is 48.6 Å². The average molecular weight is 249 g/mol. The van der Waals surface area contributed by atoms with E-state index in [1.807, 2.05) is 18.2 Å². The molecule has 2 aliphatic heterocycles. The zero-order chi connectivity index (χ0) is 12.5. The molecule has 2 saturated heterocycles. The molecule has 0 aromatic heterocycles. The summed E-state index contributed by atoms with van der Waals surface area (Å²) in [6.45, 7) is 0.651. The molecule has 2 fully saturated rings. The fourth-order valence-electron chi connectivity index (χ4n) is 2.44. The zero-order valence-electron chi connectivity index (χ0n) is 9.78. The SMILES string of the molecule is O=C(N[C@H]1CO[C@H]2[C@@H]1OC[C@H]2O)c1ccccc1. The van der Waals surface area contributed by atoms with Gasteiger partial charge in [0.25, 0.3) is 5.91 Å². The van der Waals surface area contributed by atoms with Crippen molar-refractivity contribution in [2.45, 2.75) is 24.4 Å². The van der Waals surface area contributed by atoms with Crippen LogP contribution < -0.4 is 5.32 Å². The molecular weight excluding hydrogens is 234 g/mol. The van der Waals surface area contributed by atoms with Gasteiger partial charge >= 0.3 is 0 Å². The number of hydrogen-bond acceptors (Lipinski definition) is 4. The second kappa shape index (κ2) is 4.68. The lowest BCUT2D eigenvalue weighted by Gasteiger charge is -2.17. The first kappa shape index (κ1) is 11.6. The van der Waals surface area contributed by atoms with Crippen molar-refractivity contribution in [2.24, 2.45) is 0 Å². The molecule has 96 valence electrons. The fraction of sp³-hybridized carbons (Fsp3) is 0.462. The Kier molecular flexibility index (Phi) is 3.03. The molecule has 3 rings (SSSR count). The standard InChI is InChI=1S/C13H15NO4/c15-10-7-18-11-9(6-17-12(10)11)14-13(16)8-4-2-1-3-5-8/h1-5,9-12,15H,6-7H2,(H,14,16)/t9-,10+,11+,12+/m0/s1. The van der Waals surface area contributed by atoms with E-state index in [0.29, 0.717) is 12.2 Å². The number of hydrogen-bond donors (Lipinski definition) is 2. The molecule has 1 aromatic carbocycles. The van der Waals surface area contributed by atoms with Gasteiger partial charge in [0, 0.05) is 5.56 Å². The van der Waals surface area contributed by atoms with Crippen LogP contribution in [-0.2, 0) is 9.47 Å². The first-order valence-corrected chi connectivity index (χ1v) is 6.03. The maximum absolute atomic E-state index is 12.0. The number of aliphatic hydroxyl groups excluding tert-OH is 1. The van der Waals surface area contributed by atoms with E-state index in [0.717, 1.165) is 0 Å². The smallest absolute Gasteiger partial charge is 0.251 e. The van der Waals surface area contributed by atoms with Crippen molar-refractivity contribution in [1.29, 1.82) is 0 Å². The summed E-state index contributed by atoms with van der Waals surface area (Å²) in [5, 5.41) is 12.5. The Bertz CT molecular complexity index is 436. The zero-order valence-corrected chi connectivity index (χ0v) is 9.78. The van der Waals surface area contributed by atoms with Crippen LogP contribution in [0.4, 0.5) is 0 Å². The summed E-state index contributed by atoms with van der Waals surface area (Å²) in [6.07, 6.45) is -1.15. The summed E-state index contributed by atoms with van der Waals surface area (Å²) < 4.78 is 10.9. The van der Waals surface area contributed by atoms with Gasteiger partial charge in [-0.1, -0.05) is 18.2 Å². The quantitative estimate of drug-likeness (QED) is 0.770. The van der Waals surface area contributed by atoms with E-state index in [2.05, 4.69) is 5.32 Å². The van der Waals surface area contributed by atoms with E-state index in [9.17, 15) is 9.90 Å². The number of carbonyl (C=O) groups excluding carboxylic acids is 1. The average Bonchev–Trinajstić information content (AvgIpc) is 2.95. The largest absolute Gasteiger partial charge is 0.388 e. The fourth-order valence-corrected chi connectivity index (χ4v) is 2.44. The van der Waals surface area contributed by atoms with E-state index in [1.165, 1.54) is 0 Å². The van der Waals surface area contributed by atoms with Gasteiger partial charge < -0.3 is 19.9 Å². The van der Waals surface area contributed by atoms with Gasteiger partial charge in [0.1, 0.15) is 18.3 Å². The Balaban J connectivity index is 1.66. The van der Waals surface area contributed by atoms with Crippen molar-refractivity contribution in [1.82, 2.24) is 5.32 Å². The molecule has 2 heterocycles. The Hall–Kier alpha value is -1.43. The van der Waals surface area contributed by atoms with Crippen LogP contribution in [0.1, 0.15) is 10.4 Å². The molecule has 2 aliphatic rings. The second-order valence-corrected chi connectivity index (χ2v) is 4.61. The molecule has 0 aliphatic carbocycles. The van der Waals surface area contributed by atoms with Crippen LogP contribution in [0.2, 0.25) is 0 Å². The van der Waals surface area contributed by atoms with Crippen LogP contribution in [0.15, 0.2) is 30.3 Å². The van der Waals surface area contributed by atoms with Crippen molar-refractivity contribution in [3.63, 3.8) is 0 Å². The highest BCUT2D eigenvalue weighted by Crippen LogP contribution is 2.27. The van der Waals surface area contributed by atoms with Crippen LogP contribution in [0, 0.1) is 0 Å². The van der Waals surface area contributed by atoms with Gasteiger partial charge in [0.2, 0.25) is 0 Å². The molecule has 0 saturated carbocycles. The molecule has 0 unspecified atom stereocenters. The predicted molar refractivity (Wildman–Crippen MR) is 63.2 cm³/mol. The van der Waals surface area contributed by atoms with E-state index >= 15 is 0 Å². The lowest BCUT2D eigenvalue weighted by Crippen LogP contribution is -2.44. The van der Waals surface area contributed by atoms with Crippen molar-refractivity contribution in [3.8, 4) is 0 Å². The number of aliphatic hydroxyl groups is 1. The molecule has 0 spiro atoms. The minimum absolute atomic E-state index is 0.144. The van der Waals surface area contributed by atoms with Crippen molar-refractivity contribution in [3.05, 3.63) is 35.9 Å². The molecule has 0 bridgehead atoms. The number of ether oxygens (including phenoxy) is 2. The van der Waals surface area contributed by atoms with Crippen LogP contribution in [0.5, 0.6) is 0 Å². The van der Waals surface area contributed by atoms with Gasteiger partial charge in [-0.3, -0.25) is 4.79 Å². The molecule has 5 heteroatoms. The maximum atomic E-state index is 12.0. The highest BCUT2D eigenvalue weighted by molar-refractivity contribution is 5.94. The van der Waals surface area contributed by atoms with Gasteiger partial charge in [-0.25, -0.2) is 0 Å². The normalized spacial score (nSPS) is 34.3. The van der Waals surface area contributed by atoms with E-state index in [1.54, 1.807) is 12.1 Å². The van der Waals surface area contributed by atoms with Crippen LogP contribution in [0.25, 0.3) is 0 Å². The third kappa shape index (κ3) is 2.01. The summed E-state index contributed by atoms with van der Waals surface area (Å²) in [4.78, 5) is 12.0. The summed E-state index contributed by atoms with van der Waals surface area (Å²) in [5.41, 5.74) is 0.611. The van der Waals surface area contributed by atoms with Crippen molar-refractivity contribution < 1.29 is 19.4 Å². The third-order valence-electron chi connectivity index (χ3n) is 3.38. The highest BCUT2D eigenvalue weighted by atomic mass is 16.6. The number of fused-ring (bicyclic) bond motifs is 1. The van der Waals surface area contributed by atoms with Gasteiger partial charge in [-0.15, -0.1) is 0 Å². The summed E-state index contributed by atoms with van der Waals surface area (Å²) in [5.74, 6) is -0.144. The van der Waals surface area contributed by atoms with Gasteiger partial charge in [-0.05, 0) is 12.1 Å². The number of rotatable bonds is 2. The number of carbonyl (C=O) groups is 1. The monoisotopic (exact) mass is 249 g/mol. The van der Waals surface area contributed by atoms with Gasteiger partial charge in [-0.2, -0.15) is 0 Å². The Labute approximate surface area is 105 Å². The summed E-state index contributed by atoms with van der Waals surface area (Å²) in [6, 6.07) is 8.82. The van der Waals surface area contributed by atoms with E-state index < -0.39 is 6.10 Å². The predicted octanol–water partition coefficient (Wildman–Crippen LogP) is -0.0565. The minimum Gasteiger partial charge on any atom is -0.388 e. The first-order valence-electron chi connectivity index (χ1n) is 6.03. The molecule has 0 radical (unpaired) electrons. The minimum atomic E-state index is -0.589. The van der Waals surface area contributed by atoms with Crippen LogP contribution in [0.3, 0.4) is 0 Å². The Morgan fingerprint density at radius 1 is 1.17 bits per heavy atom. The first-order chi connectivity index (χ1) is 8.75. The number of amides is 1. The topological polar surface area (TPSA) is 67.8 Å². The number of benzene rings is 1.